The highest BCUT2D eigenvalue weighted by atomic mass is 16.5. The lowest BCUT2D eigenvalue weighted by Gasteiger charge is -2.08. The number of Topliss-reactive ketones (excluding diaryl/α,β-unsaturated/α-hetero) is 2. The number of carboxylic acids is 2. The van der Waals surface area contributed by atoms with Crippen LogP contribution in [-0.4, -0.2) is 44.9 Å². The van der Waals surface area contributed by atoms with Gasteiger partial charge in [-0.3, -0.25) is 14.4 Å². The second kappa shape index (κ2) is 10.6. The third kappa shape index (κ3) is 6.29. The minimum Gasteiger partial charge on any atom is -0.486 e. The van der Waals surface area contributed by atoms with E-state index in [1.165, 1.54) is 12.1 Å². The molecule has 0 amide bonds. The van der Waals surface area contributed by atoms with Crippen LogP contribution in [0.1, 0.15) is 52.0 Å². The zero-order valence-electron chi connectivity index (χ0n) is 18.2. The molecule has 1 aromatic heterocycles. The molecule has 0 saturated heterocycles. The van der Waals surface area contributed by atoms with E-state index in [4.69, 9.17) is 9.84 Å². The molecule has 2 aromatic carbocycles. The standard InChI is InChI=1S/C25H25NO7/c1-16-6-9-19(10-7-16)33-15-18(27)13-26-14-21(23(28)4-2-3-5-24(29)30)20-12-17(25(31)32)8-11-22(20)26/h6-12,14H,2-5,13,15H2,1H3,(H,29,30)(H,31,32). The second-order valence-corrected chi connectivity index (χ2v) is 7.87. The molecule has 0 spiro atoms. The van der Waals surface area contributed by atoms with E-state index < -0.39 is 11.9 Å². The van der Waals surface area contributed by atoms with Gasteiger partial charge >= 0.3 is 11.9 Å². The molecule has 0 fully saturated rings. The smallest absolute Gasteiger partial charge is 0.335 e. The van der Waals surface area contributed by atoms with Gasteiger partial charge in [-0.1, -0.05) is 17.7 Å². The number of carbonyl (C=O) groups is 4. The number of unbranched alkanes of at least 4 members (excludes halogenated alkanes) is 1. The van der Waals surface area contributed by atoms with Crippen LogP contribution >= 0.6 is 0 Å². The van der Waals surface area contributed by atoms with Crippen LogP contribution in [0.3, 0.4) is 0 Å². The van der Waals surface area contributed by atoms with Crippen molar-refractivity contribution in [2.45, 2.75) is 39.2 Å². The van der Waals surface area contributed by atoms with Crippen molar-refractivity contribution in [2.24, 2.45) is 0 Å². The minimum atomic E-state index is -1.12. The summed E-state index contributed by atoms with van der Waals surface area (Å²) in [5.74, 6) is -1.90. The molecule has 0 unspecified atom stereocenters. The zero-order chi connectivity index (χ0) is 24.0. The molecule has 0 aliphatic carbocycles. The molecule has 0 aliphatic rings. The quantitative estimate of drug-likeness (QED) is 0.314. The monoisotopic (exact) mass is 451 g/mol. The summed E-state index contributed by atoms with van der Waals surface area (Å²) >= 11 is 0. The highest BCUT2D eigenvalue weighted by Crippen LogP contribution is 2.25. The Hall–Kier alpha value is -3.94. The fourth-order valence-electron chi connectivity index (χ4n) is 3.51. The zero-order valence-corrected chi connectivity index (χ0v) is 18.2. The molecule has 8 heteroatoms. The maximum atomic E-state index is 12.8. The van der Waals surface area contributed by atoms with Crippen LogP contribution in [0.2, 0.25) is 0 Å². The van der Waals surface area contributed by atoms with Crippen LogP contribution < -0.4 is 4.74 Å². The Balaban J connectivity index is 1.78. The van der Waals surface area contributed by atoms with Gasteiger partial charge in [0.1, 0.15) is 12.4 Å². The van der Waals surface area contributed by atoms with Gasteiger partial charge in [0.15, 0.2) is 11.6 Å². The van der Waals surface area contributed by atoms with E-state index in [0.717, 1.165) is 5.56 Å². The van der Waals surface area contributed by atoms with Gasteiger partial charge in [0.25, 0.3) is 0 Å². The van der Waals surface area contributed by atoms with E-state index in [0.29, 0.717) is 35.1 Å². The van der Waals surface area contributed by atoms with Crippen molar-refractivity contribution >= 4 is 34.4 Å². The molecule has 3 rings (SSSR count). The third-order valence-corrected chi connectivity index (χ3v) is 5.24. The maximum absolute atomic E-state index is 12.8. The summed E-state index contributed by atoms with van der Waals surface area (Å²) in [6.07, 6.45) is 2.44. The van der Waals surface area contributed by atoms with Crippen LogP contribution in [0.5, 0.6) is 5.75 Å². The number of ketones is 2. The Bertz CT molecular complexity index is 1190. The van der Waals surface area contributed by atoms with Crippen LogP contribution in [0.15, 0.2) is 48.7 Å². The van der Waals surface area contributed by atoms with Crippen molar-refractivity contribution in [3.63, 3.8) is 0 Å². The topological polar surface area (TPSA) is 123 Å². The number of benzene rings is 2. The van der Waals surface area contributed by atoms with Crippen molar-refractivity contribution in [2.75, 3.05) is 6.61 Å². The number of fused-ring (bicyclic) bond motifs is 1. The largest absolute Gasteiger partial charge is 0.486 e. The molecular formula is C25H25NO7. The molecule has 0 atom stereocenters. The normalized spacial score (nSPS) is 10.8. The highest BCUT2D eigenvalue weighted by Gasteiger charge is 2.18. The SMILES string of the molecule is Cc1ccc(OCC(=O)Cn2cc(C(=O)CCCCC(=O)O)c3cc(C(=O)O)ccc32)cc1. The summed E-state index contributed by atoms with van der Waals surface area (Å²) in [4.78, 5) is 47.4. The van der Waals surface area contributed by atoms with Crippen molar-refractivity contribution in [3.05, 3.63) is 65.4 Å². The number of nitrogens with zero attached hydrogens (tertiary/aromatic N) is 1. The van der Waals surface area contributed by atoms with Crippen molar-refractivity contribution in [3.8, 4) is 5.75 Å². The predicted octanol–water partition coefficient (Wildman–Crippen LogP) is 4.12. The van der Waals surface area contributed by atoms with Gasteiger partial charge in [0, 0.05) is 35.5 Å². The van der Waals surface area contributed by atoms with Crippen molar-refractivity contribution in [1.82, 2.24) is 4.57 Å². The first-order chi connectivity index (χ1) is 15.7. The Labute approximate surface area is 190 Å². The Kier molecular flexibility index (Phi) is 7.61. The van der Waals surface area contributed by atoms with E-state index in [2.05, 4.69) is 0 Å². The first kappa shape index (κ1) is 23.7. The summed E-state index contributed by atoms with van der Waals surface area (Å²) < 4.78 is 7.16. The average Bonchev–Trinajstić information content (AvgIpc) is 3.13. The number of hydrogen-bond acceptors (Lipinski definition) is 5. The Morgan fingerprint density at radius 3 is 2.30 bits per heavy atom. The number of aliphatic carboxylic acids is 1. The van der Waals surface area contributed by atoms with Crippen LogP contribution in [0.25, 0.3) is 10.9 Å². The third-order valence-electron chi connectivity index (χ3n) is 5.24. The number of aromatic carboxylic acids is 1. The first-order valence-electron chi connectivity index (χ1n) is 10.6. The van der Waals surface area contributed by atoms with Crippen LogP contribution in [0.4, 0.5) is 0 Å². The molecule has 1 heterocycles. The molecule has 0 radical (unpaired) electrons. The average molecular weight is 451 g/mol. The summed E-state index contributed by atoms with van der Waals surface area (Å²) in [5.41, 5.74) is 2.00. The lowest BCUT2D eigenvalue weighted by Crippen LogP contribution is -2.17. The number of aromatic nitrogens is 1. The molecule has 0 aliphatic heterocycles. The number of carboxylic acid groups (broad SMARTS) is 2. The molecule has 0 saturated carbocycles. The van der Waals surface area contributed by atoms with Gasteiger partial charge in [-0.05, 0) is 50.1 Å². The van der Waals surface area contributed by atoms with E-state index in [1.54, 1.807) is 29.0 Å². The van der Waals surface area contributed by atoms with E-state index >= 15 is 0 Å². The van der Waals surface area contributed by atoms with E-state index in [9.17, 15) is 24.3 Å². The molecular weight excluding hydrogens is 426 g/mol. The summed E-state index contributed by atoms with van der Waals surface area (Å²) in [6, 6.07) is 11.8. The van der Waals surface area contributed by atoms with E-state index in [1.807, 2.05) is 19.1 Å². The van der Waals surface area contributed by atoms with Crippen molar-refractivity contribution in [1.29, 1.82) is 0 Å². The van der Waals surface area contributed by atoms with Gasteiger partial charge in [0.05, 0.1) is 12.1 Å². The van der Waals surface area contributed by atoms with Crippen LogP contribution in [0, 0.1) is 6.92 Å². The minimum absolute atomic E-state index is 0.0202. The Morgan fingerprint density at radius 2 is 1.64 bits per heavy atom. The fraction of sp³-hybridized carbons (Fsp3) is 0.280. The summed E-state index contributed by atoms with van der Waals surface area (Å²) in [5, 5.41) is 18.5. The van der Waals surface area contributed by atoms with Gasteiger partial charge in [0.2, 0.25) is 0 Å². The number of aryl methyl sites for hydroxylation is 1. The first-order valence-corrected chi connectivity index (χ1v) is 10.6. The number of hydrogen-bond donors (Lipinski definition) is 2. The lowest BCUT2D eigenvalue weighted by atomic mass is 10.0. The number of carbonyl (C=O) groups excluding carboxylic acids is 2. The maximum Gasteiger partial charge on any atom is 0.335 e. The molecule has 3 aromatic rings. The summed E-state index contributed by atoms with van der Waals surface area (Å²) in [6.45, 7) is 1.77. The number of ether oxygens (including phenoxy) is 1. The fourth-order valence-corrected chi connectivity index (χ4v) is 3.51. The van der Waals surface area contributed by atoms with Gasteiger partial charge in [-0.25, -0.2) is 4.79 Å². The Morgan fingerprint density at radius 1 is 0.939 bits per heavy atom. The molecule has 2 N–H and O–H groups in total. The van der Waals surface area contributed by atoms with E-state index in [-0.39, 0.29) is 43.1 Å². The van der Waals surface area contributed by atoms with Gasteiger partial charge in [-0.15, -0.1) is 0 Å². The second-order valence-electron chi connectivity index (χ2n) is 7.87. The summed E-state index contributed by atoms with van der Waals surface area (Å²) in [7, 11) is 0. The molecule has 0 bridgehead atoms. The predicted molar refractivity (Wildman–Crippen MR) is 121 cm³/mol. The molecule has 172 valence electrons. The van der Waals surface area contributed by atoms with Gasteiger partial charge < -0.3 is 19.5 Å². The molecule has 8 nitrogen and oxygen atoms in total. The van der Waals surface area contributed by atoms with Crippen LogP contribution in [-0.2, 0) is 16.1 Å². The lowest BCUT2D eigenvalue weighted by molar-refractivity contribution is -0.137. The number of rotatable bonds is 12. The van der Waals surface area contributed by atoms with Crippen molar-refractivity contribution < 1.29 is 34.1 Å². The van der Waals surface area contributed by atoms with Gasteiger partial charge in [-0.2, -0.15) is 0 Å². The highest BCUT2D eigenvalue weighted by molar-refractivity contribution is 6.09. The molecule has 33 heavy (non-hydrogen) atoms.